The largest absolute Gasteiger partial charge is 0.342 e. The van der Waals surface area contributed by atoms with E-state index in [1.54, 1.807) is 74.3 Å². The van der Waals surface area contributed by atoms with Crippen molar-refractivity contribution in [3.05, 3.63) is 134 Å². The van der Waals surface area contributed by atoms with Crippen molar-refractivity contribution in [2.75, 3.05) is 0 Å². The molecular weight excluding hydrogens is 530 g/mol. The maximum atomic E-state index is 14.2. The highest BCUT2D eigenvalue weighted by Crippen LogP contribution is 2.21. The number of fused-ring (bicyclic) bond motifs is 2. The molecule has 4 heterocycles. The summed E-state index contributed by atoms with van der Waals surface area (Å²) in [7, 11) is 1.66. The summed E-state index contributed by atoms with van der Waals surface area (Å²) in [6, 6.07) is 18.6. The normalized spacial score (nSPS) is 11.7. The molecule has 1 N–H and O–H groups in total. The summed E-state index contributed by atoms with van der Waals surface area (Å²) in [5, 5.41) is 7.73. The second-order valence-corrected chi connectivity index (χ2v) is 9.81. The smallest absolute Gasteiger partial charge is 0.267 e. The van der Waals surface area contributed by atoms with E-state index >= 15 is 0 Å². The standard InChI is InChI=1S/C32H25N7O3/c1-20-27(30-33-17-8-18-38(30)36-20)31(41)34-21(2)29-35-25-12-7-9-23(15-13-22-14-16-26(40)37(3)19-22)28(25)32(42)39(29)24-10-5-4-6-11-24/h4-12,14,16-19,21H,1-3H3,(H,34,41)/t21-/m0/s1. The number of carbonyl (C=O) groups excluding carboxylic acids is 1. The van der Waals surface area contributed by atoms with Gasteiger partial charge in [0.25, 0.3) is 11.5 Å². The number of rotatable bonds is 4. The molecule has 0 fully saturated rings. The highest BCUT2D eigenvalue weighted by atomic mass is 16.2. The highest BCUT2D eigenvalue weighted by Gasteiger charge is 2.24. The van der Waals surface area contributed by atoms with Crippen LogP contribution in [0.5, 0.6) is 0 Å². The number of nitrogens with zero attached hydrogens (tertiary/aromatic N) is 6. The molecule has 0 unspecified atom stereocenters. The first-order valence-electron chi connectivity index (χ1n) is 13.2. The molecule has 42 heavy (non-hydrogen) atoms. The van der Waals surface area contributed by atoms with Gasteiger partial charge in [-0.3, -0.25) is 19.0 Å². The lowest BCUT2D eigenvalue weighted by Gasteiger charge is -2.20. The van der Waals surface area contributed by atoms with Crippen molar-refractivity contribution in [3.8, 4) is 17.5 Å². The van der Waals surface area contributed by atoms with E-state index in [9.17, 15) is 14.4 Å². The molecule has 6 rings (SSSR count). The van der Waals surface area contributed by atoms with Crippen LogP contribution in [-0.4, -0.2) is 34.6 Å². The van der Waals surface area contributed by atoms with Crippen molar-refractivity contribution in [3.63, 3.8) is 0 Å². The second kappa shape index (κ2) is 10.6. The van der Waals surface area contributed by atoms with Crippen LogP contribution < -0.4 is 16.4 Å². The van der Waals surface area contributed by atoms with Crippen LogP contribution in [-0.2, 0) is 7.05 Å². The first-order valence-corrected chi connectivity index (χ1v) is 13.2. The van der Waals surface area contributed by atoms with E-state index in [2.05, 4.69) is 27.2 Å². The van der Waals surface area contributed by atoms with E-state index in [4.69, 9.17) is 4.98 Å². The summed E-state index contributed by atoms with van der Waals surface area (Å²) in [4.78, 5) is 48.6. The Labute approximate surface area is 239 Å². The Hall–Kier alpha value is -5.82. The molecule has 6 aromatic rings. The lowest BCUT2D eigenvalue weighted by molar-refractivity contribution is 0.0938. The summed E-state index contributed by atoms with van der Waals surface area (Å²) in [6.45, 7) is 3.53. The molecule has 4 aromatic heterocycles. The summed E-state index contributed by atoms with van der Waals surface area (Å²) < 4.78 is 4.51. The van der Waals surface area contributed by atoms with E-state index in [0.29, 0.717) is 50.4 Å². The van der Waals surface area contributed by atoms with E-state index in [1.165, 1.54) is 15.2 Å². The summed E-state index contributed by atoms with van der Waals surface area (Å²) >= 11 is 0. The number of aromatic nitrogens is 6. The van der Waals surface area contributed by atoms with Gasteiger partial charge in [0.15, 0.2) is 5.65 Å². The van der Waals surface area contributed by atoms with Crippen molar-refractivity contribution < 1.29 is 4.79 Å². The van der Waals surface area contributed by atoms with Crippen LogP contribution in [0, 0.1) is 18.8 Å². The average Bonchev–Trinajstić information content (AvgIpc) is 3.33. The van der Waals surface area contributed by atoms with E-state index in [-0.39, 0.29) is 17.0 Å². The monoisotopic (exact) mass is 555 g/mol. The molecule has 0 spiro atoms. The van der Waals surface area contributed by atoms with E-state index in [0.717, 1.165) is 0 Å². The van der Waals surface area contributed by atoms with Gasteiger partial charge in [-0.15, -0.1) is 0 Å². The fraction of sp³-hybridized carbons (Fsp3) is 0.125. The summed E-state index contributed by atoms with van der Waals surface area (Å²) in [6.07, 6.45) is 4.98. The molecule has 1 atom stereocenters. The zero-order chi connectivity index (χ0) is 29.4. The molecule has 0 saturated carbocycles. The Bertz CT molecular complexity index is 2180. The second-order valence-electron chi connectivity index (χ2n) is 9.81. The minimum absolute atomic E-state index is 0.137. The van der Waals surface area contributed by atoms with Crippen molar-refractivity contribution >= 4 is 22.5 Å². The third-order valence-corrected chi connectivity index (χ3v) is 6.90. The Morgan fingerprint density at radius 2 is 1.79 bits per heavy atom. The molecule has 0 aliphatic carbocycles. The maximum Gasteiger partial charge on any atom is 0.267 e. The lowest BCUT2D eigenvalue weighted by Crippen LogP contribution is -2.33. The Balaban J connectivity index is 1.47. The number of nitrogens with one attached hydrogen (secondary N) is 1. The van der Waals surface area contributed by atoms with Crippen LogP contribution in [0.25, 0.3) is 22.2 Å². The first-order chi connectivity index (χ1) is 20.3. The maximum absolute atomic E-state index is 14.2. The van der Waals surface area contributed by atoms with Crippen molar-refractivity contribution in [2.24, 2.45) is 7.05 Å². The van der Waals surface area contributed by atoms with Gasteiger partial charge in [0.05, 0.1) is 28.3 Å². The number of benzene rings is 2. The van der Waals surface area contributed by atoms with Crippen LogP contribution in [0.4, 0.5) is 0 Å². The molecular formula is C32H25N7O3. The number of carbonyl (C=O) groups is 1. The third-order valence-electron chi connectivity index (χ3n) is 6.90. The molecule has 10 nitrogen and oxygen atoms in total. The molecule has 0 radical (unpaired) electrons. The molecule has 2 aromatic carbocycles. The van der Waals surface area contributed by atoms with Gasteiger partial charge in [-0.1, -0.05) is 36.1 Å². The van der Waals surface area contributed by atoms with Gasteiger partial charge in [-0.05, 0) is 50.2 Å². The zero-order valence-corrected chi connectivity index (χ0v) is 23.1. The Morgan fingerprint density at radius 3 is 2.57 bits per heavy atom. The average molecular weight is 556 g/mol. The predicted molar refractivity (Wildman–Crippen MR) is 159 cm³/mol. The number of hydrogen-bond acceptors (Lipinski definition) is 6. The third kappa shape index (κ3) is 4.73. The van der Waals surface area contributed by atoms with E-state index in [1.807, 2.05) is 30.3 Å². The fourth-order valence-electron chi connectivity index (χ4n) is 4.87. The molecule has 206 valence electrons. The van der Waals surface area contributed by atoms with Gasteiger partial charge in [0, 0.05) is 42.8 Å². The summed E-state index contributed by atoms with van der Waals surface area (Å²) in [5.41, 5.74) is 3.06. The van der Waals surface area contributed by atoms with Gasteiger partial charge in [0.1, 0.15) is 11.4 Å². The first kappa shape index (κ1) is 26.4. The van der Waals surface area contributed by atoms with Crippen LogP contribution in [0.2, 0.25) is 0 Å². The number of aryl methyl sites for hydroxylation is 2. The number of para-hydroxylation sites is 1. The number of pyridine rings is 1. The minimum Gasteiger partial charge on any atom is -0.342 e. The van der Waals surface area contributed by atoms with E-state index < -0.39 is 6.04 Å². The van der Waals surface area contributed by atoms with Crippen molar-refractivity contribution in [1.29, 1.82) is 0 Å². The number of amides is 1. The molecule has 0 aliphatic rings. The fourth-order valence-corrected chi connectivity index (χ4v) is 4.87. The van der Waals surface area contributed by atoms with Gasteiger partial charge >= 0.3 is 0 Å². The Morgan fingerprint density at radius 1 is 0.976 bits per heavy atom. The molecule has 0 saturated heterocycles. The van der Waals surface area contributed by atoms with Crippen LogP contribution in [0.1, 0.15) is 46.0 Å². The lowest BCUT2D eigenvalue weighted by atomic mass is 10.1. The SMILES string of the molecule is Cc1nn2cccnc2c1C(=O)N[C@@H](C)c1nc2cccc(C#Cc3ccc(=O)n(C)c3)c2c(=O)n1-c1ccccc1. The molecule has 1 amide bonds. The molecule has 0 aliphatic heterocycles. The molecule has 0 bridgehead atoms. The zero-order valence-electron chi connectivity index (χ0n) is 23.1. The minimum atomic E-state index is -0.659. The van der Waals surface area contributed by atoms with Crippen LogP contribution in [0.15, 0.2) is 94.9 Å². The van der Waals surface area contributed by atoms with Crippen LogP contribution >= 0.6 is 0 Å². The van der Waals surface area contributed by atoms with Gasteiger partial charge in [0.2, 0.25) is 5.56 Å². The van der Waals surface area contributed by atoms with Gasteiger partial charge in [-0.2, -0.15) is 5.10 Å². The topological polar surface area (TPSA) is 116 Å². The molecule has 10 heteroatoms. The van der Waals surface area contributed by atoms with Crippen LogP contribution in [0.3, 0.4) is 0 Å². The Kier molecular flexibility index (Phi) is 6.68. The summed E-state index contributed by atoms with van der Waals surface area (Å²) in [5.74, 6) is 6.12. The van der Waals surface area contributed by atoms with Crippen molar-refractivity contribution in [1.82, 2.24) is 34.0 Å². The van der Waals surface area contributed by atoms with Gasteiger partial charge < -0.3 is 9.88 Å². The van der Waals surface area contributed by atoms with Gasteiger partial charge in [-0.25, -0.2) is 14.5 Å². The predicted octanol–water partition coefficient (Wildman–Crippen LogP) is 3.33. The highest BCUT2D eigenvalue weighted by molar-refractivity contribution is 6.01. The van der Waals surface area contributed by atoms with Crippen molar-refractivity contribution in [2.45, 2.75) is 19.9 Å². The quantitative estimate of drug-likeness (QED) is 0.334. The number of hydrogen-bond donors (Lipinski definition) is 1.